The van der Waals surface area contributed by atoms with Crippen LogP contribution in [0.3, 0.4) is 0 Å². The zero-order valence-electron chi connectivity index (χ0n) is 15.2. The zero-order valence-corrected chi connectivity index (χ0v) is 16.0. The van der Waals surface area contributed by atoms with Crippen molar-refractivity contribution in [3.8, 4) is 0 Å². The first-order chi connectivity index (χ1) is 12.2. The molecule has 10 heteroatoms. The Morgan fingerprint density at radius 1 is 1.27 bits per heavy atom. The number of carbonyl (C=O) groups is 3. The average molecular weight is 382 g/mol. The predicted octanol–water partition coefficient (Wildman–Crippen LogP) is 1.79. The fourth-order valence-electron chi connectivity index (χ4n) is 2.94. The van der Waals surface area contributed by atoms with Crippen molar-refractivity contribution in [2.75, 3.05) is 38.2 Å². The second-order valence-electron chi connectivity index (χ2n) is 7.17. The molecule has 1 aromatic rings. The largest absolute Gasteiger partial charge is 0.465 e. The standard InChI is InChI=1S/C16H22N4O5S/c1-16(2,3)25-15(23)18-5-6-19-10(8-18)9-20(14(19)22)13-17-7-11(26-13)12(21)24-4/h7,10H,5-6,8-9H2,1-4H3/t10-/m0/s1. The van der Waals surface area contributed by atoms with E-state index >= 15 is 0 Å². The number of anilines is 1. The van der Waals surface area contributed by atoms with E-state index in [-0.39, 0.29) is 18.2 Å². The highest BCUT2D eigenvalue weighted by atomic mass is 32.1. The molecule has 1 atom stereocenters. The van der Waals surface area contributed by atoms with E-state index in [0.29, 0.717) is 36.2 Å². The Kier molecular flexibility index (Phi) is 4.78. The Morgan fingerprint density at radius 2 is 2.00 bits per heavy atom. The van der Waals surface area contributed by atoms with Crippen molar-refractivity contribution in [1.29, 1.82) is 0 Å². The number of methoxy groups -OCH3 is 1. The maximum Gasteiger partial charge on any atom is 0.410 e. The third kappa shape index (κ3) is 3.59. The first-order valence-electron chi connectivity index (χ1n) is 8.30. The Bertz CT molecular complexity index is 728. The highest BCUT2D eigenvalue weighted by Crippen LogP contribution is 2.30. The molecule has 1 aromatic heterocycles. The number of amides is 3. The number of urea groups is 1. The molecular formula is C16H22N4O5S. The smallest absolute Gasteiger partial charge is 0.410 e. The number of rotatable bonds is 2. The lowest BCUT2D eigenvalue weighted by Gasteiger charge is -2.36. The van der Waals surface area contributed by atoms with Gasteiger partial charge in [-0.05, 0) is 20.8 Å². The van der Waals surface area contributed by atoms with Crippen LogP contribution >= 0.6 is 11.3 Å². The Morgan fingerprint density at radius 3 is 2.65 bits per heavy atom. The summed E-state index contributed by atoms with van der Waals surface area (Å²) in [5.74, 6) is -0.478. The van der Waals surface area contributed by atoms with Crippen molar-refractivity contribution in [3.63, 3.8) is 0 Å². The van der Waals surface area contributed by atoms with Gasteiger partial charge in [-0.3, -0.25) is 4.90 Å². The van der Waals surface area contributed by atoms with E-state index in [1.54, 1.807) is 14.7 Å². The third-order valence-corrected chi connectivity index (χ3v) is 5.12. The first-order valence-corrected chi connectivity index (χ1v) is 9.11. The van der Waals surface area contributed by atoms with Gasteiger partial charge in [0.1, 0.15) is 10.5 Å². The summed E-state index contributed by atoms with van der Waals surface area (Å²) in [6, 6.07) is -0.293. The van der Waals surface area contributed by atoms with Crippen LogP contribution in [0, 0.1) is 0 Å². The molecule has 2 aliphatic heterocycles. The van der Waals surface area contributed by atoms with Crippen molar-refractivity contribution in [3.05, 3.63) is 11.1 Å². The summed E-state index contributed by atoms with van der Waals surface area (Å²) in [5, 5.41) is 0.452. The summed E-state index contributed by atoms with van der Waals surface area (Å²) in [4.78, 5) is 45.9. The van der Waals surface area contributed by atoms with Crippen LogP contribution < -0.4 is 4.90 Å². The van der Waals surface area contributed by atoms with E-state index < -0.39 is 11.6 Å². The van der Waals surface area contributed by atoms with Gasteiger partial charge in [-0.1, -0.05) is 11.3 Å². The number of piperazine rings is 1. The maximum absolute atomic E-state index is 12.7. The summed E-state index contributed by atoms with van der Waals surface area (Å²) < 4.78 is 10.1. The number of nitrogens with zero attached hydrogens (tertiary/aromatic N) is 4. The molecule has 0 radical (unpaired) electrons. The van der Waals surface area contributed by atoms with Gasteiger partial charge in [0.15, 0.2) is 5.13 Å². The van der Waals surface area contributed by atoms with E-state index in [1.165, 1.54) is 13.3 Å². The second kappa shape index (κ2) is 6.75. The predicted molar refractivity (Wildman–Crippen MR) is 94.5 cm³/mol. The van der Waals surface area contributed by atoms with Crippen LogP contribution in [0.2, 0.25) is 0 Å². The molecule has 142 valence electrons. The molecule has 3 heterocycles. The number of thiazole rings is 1. The minimum Gasteiger partial charge on any atom is -0.465 e. The zero-order chi connectivity index (χ0) is 19.1. The summed E-state index contributed by atoms with van der Waals surface area (Å²) >= 11 is 1.11. The van der Waals surface area contributed by atoms with Gasteiger partial charge in [-0.15, -0.1) is 0 Å². The van der Waals surface area contributed by atoms with E-state index in [4.69, 9.17) is 4.74 Å². The van der Waals surface area contributed by atoms with Gasteiger partial charge in [0.2, 0.25) is 0 Å². The van der Waals surface area contributed by atoms with Gasteiger partial charge < -0.3 is 19.3 Å². The molecule has 2 aliphatic rings. The molecule has 0 spiro atoms. The Balaban J connectivity index is 1.69. The van der Waals surface area contributed by atoms with E-state index in [1.807, 2.05) is 20.8 Å². The number of aromatic nitrogens is 1. The molecule has 3 rings (SSSR count). The third-order valence-electron chi connectivity index (χ3n) is 4.12. The fraction of sp³-hybridized carbons (Fsp3) is 0.625. The molecule has 0 N–H and O–H groups in total. The van der Waals surface area contributed by atoms with E-state index in [2.05, 4.69) is 9.72 Å². The summed E-state index contributed by atoms with van der Waals surface area (Å²) in [7, 11) is 1.30. The van der Waals surface area contributed by atoms with Crippen LogP contribution in [-0.4, -0.2) is 77.8 Å². The molecule has 2 fully saturated rings. The van der Waals surface area contributed by atoms with Crippen molar-refractivity contribution < 1.29 is 23.9 Å². The maximum atomic E-state index is 12.7. The van der Waals surface area contributed by atoms with Crippen LogP contribution in [0.5, 0.6) is 0 Å². The van der Waals surface area contributed by atoms with Crippen molar-refractivity contribution in [2.45, 2.75) is 32.4 Å². The number of fused-ring (bicyclic) bond motifs is 1. The van der Waals surface area contributed by atoms with Gasteiger partial charge in [0, 0.05) is 19.6 Å². The van der Waals surface area contributed by atoms with Crippen LogP contribution in [0.1, 0.15) is 30.4 Å². The summed E-state index contributed by atoms with van der Waals surface area (Å²) in [5.41, 5.74) is -0.559. The SMILES string of the molecule is COC(=O)c1cnc(N2C[C@@H]3CN(C(=O)OC(C)(C)C)CCN3C2=O)s1. The minimum atomic E-state index is -0.559. The van der Waals surface area contributed by atoms with Gasteiger partial charge in [0.05, 0.1) is 25.9 Å². The van der Waals surface area contributed by atoms with Crippen LogP contribution in [0.4, 0.5) is 14.7 Å². The topological polar surface area (TPSA) is 92.3 Å². The lowest BCUT2D eigenvalue weighted by molar-refractivity contribution is 0.0128. The lowest BCUT2D eigenvalue weighted by atomic mass is 10.2. The molecule has 2 saturated heterocycles. The van der Waals surface area contributed by atoms with Crippen molar-refractivity contribution in [2.24, 2.45) is 0 Å². The number of hydrogen-bond acceptors (Lipinski definition) is 7. The molecule has 26 heavy (non-hydrogen) atoms. The molecule has 0 aromatic carbocycles. The number of hydrogen-bond donors (Lipinski definition) is 0. The molecule has 0 bridgehead atoms. The quantitative estimate of drug-likeness (QED) is 0.724. The summed E-state index contributed by atoms with van der Waals surface area (Å²) in [6.07, 6.45) is 1.04. The van der Waals surface area contributed by atoms with Crippen molar-refractivity contribution >= 4 is 34.6 Å². The van der Waals surface area contributed by atoms with E-state index in [0.717, 1.165) is 11.3 Å². The molecule has 9 nitrogen and oxygen atoms in total. The fourth-order valence-corrected chi connectivity index (χ4v) is 3.78. The Hall–Kier alpha value is -2.36. The molecule has 0 saturated carbocycles. The monoisotopic (exact) mass is 382 g/mol. The normalized spacial score (nSPS) is 20.2. The first kappa shape index (κ1) is 18.4. The summed E-state index contributed by atoms with van der Waals surface area (Å²) in [6.45, 7) is 7.15. The van der Waals surface area contributed by atoms with Gasteiger partial charge in [-0.25, -0.2) is 19.4 Å². The van der Waals surface area contributed by atoms with Gasteiger partial charge >= 0.3 is 18.1 Å². The second-order valence-corrected chi connectivity index (χ2v) is 8.17. The lowest BCUT2D eigenvalue weighted by Crippen LogP contribution is -2.54. The number of ether oxygens (including phenoxy) is 2. The van der Waals surface area contributed by atoms with Gasteiger partial charge in [0.25, 0.3) is 0 Å². The molecular weight excluding hydrogens is 360 g/mol. The molecule has 0 aliphatic carbocycles. The van der Waals surface area contributed by atoms with Crippen LogP contribution in [-0.2, 0) is 9.47 Å². The Labute approximate surface area is 155 Å². The average Bonchev–Trinajstić information content (AvgIpc) is 3.17. The molecule has 3 amide bonds. The van der Waals surface area contributed by atoms with Crippen molar-refractivity contribution in [1.82, 2.24) is 14.8 Å². The van der Waals surface area contributed by atoms with Crippen LogP contribution in [0.15, 0.2) is 6.20 Å². The van der Waals surface area contributed by atoms with E-state index in [9.17, 15) is 14.4 Å². The minimum absolute atomic E-state index is 0.130. The van der Waals surface area contributed by atoms with Crippen LogP contribution in [0.25, 0.3) is 0 Å². The highest BCUT2D eigenvalue weighted by Gasteiger charge is 2.43. The highest BCUT2D eigenvalue weighted by molar-refractivity contribution is 7.17. The van der Waals surface area contributed by atoms with Gasteiger partial charge in [-0.2, -0.15) is 0 Å². The molecule has 0 unspecified atom stereocenters. The number of carbonyl (C=O) groups excluding carboxylic acids is 3. The number of esters is 1.